The Balaban J connectivity index is -0.0000000369. The first-order chi connectivity index (χ1) is 6.93. The van der Waals surface area contributed by atoms with Gasteiger partial charge in [0.2, 0.25) is 0 Å². The van der Waals surface area contributed by atoms with E-state index in [0.717, 1.165) is 0 Å². The van der Waals surface area contributed by atoms with Gasteiger partial charge in [0.15, 0.2) is 0 Å². The second kappa shape index (κ2) is 25.9. The Morgan fingerprint density at radius 3 is 0.412 bits per heavy atom. The summed E-state index contributed by atoms with van der Waals surface area (Å²) in [4.78, 5) is 0. The van der Waals surface area contributed by atoms with Gasteiger partial charge < -0.3 is 0 Å². The molecule has 0 amide bonds. The SMILES string of the molecule is O=[Se](O)O.O=[Se](O)O.O=[Se](O)O.O=[Se](O)O.[SiH4]. The van der Waals surface area contributed by atoms with E-state index >= 15 is 0 Å². The van der Waals surface area contributed by atoms with Crippen molar-refractivity contribution in [1.82, 2.24) is 0 Å². The summed E-state index contributed by atoms with van der Waals surface area (Å²) in [6.07, 6.45) is 0. The average Bonchev–Trinajstić information content (AvgIpc) is 1.76. The largest absolute Gasteiger partial charge is 0.0149 e. The topological polar surface area (TPSA) is 230 Å². The van der Waals surface area contributed by atoms with Gasteiger partial charge in [0.05, 0.1) is 0 Å². The minimum atomic E-state index is -3.29. The van der Waals surface area contributed by atoms with E-state index in [1.807, 2.05) is 0 Å². The van der Waals surface area contributed by atoms with E-state index in [1.165, 1.54) is 0 Å². The van der Waals surface area contributed by atoms with Crippen LogP contribution in [0.3, 0.4) is 0 Å². The monoisotopic (exact) mass is 552 g/mol. The molecule has 0 saturated carbocycles. The van der Waals surface area contributed by atoms with Crippen LogP contribution in [-0.2, 0) is 15.3 Å². The molecule has 0 radical (unpaired) electrons. The molecule has 0 aliphatic heterocycles. The zero-order valence-electron chi connectivity index (χ0n) is 6.84. The normalized spacial score (nSPS) is 8.24. The Bertz CT molecular complexity index is 159. The summed E-state index contributed by atoms with van der Waals surface area (Å²) in [5, 5.41) is 0. The Morgan fingerprint density at radius 1 is 0.412 bits per heavy atom. The maximum atomic E-state index is 8.76. The van der Waals surface area contributed by atoms with Gasteiger partial charge in [-0.2, -0.15) is 0 Å². The summed E-state index contributed by atoms with van der Waals surface area (Å²) in [7, 11) is 0. The van der Waals surface area contributed by atoms with Gasteiger partial charge in [-0.25, -0.2) is 0 Å². The van der Waals surface area contributed by atoms with Crippen LogP contribution in [-0.4, -0.2) is 102 Å². The molecular formula is H12O12Se4Si. The molecular weight excluding hydrogens is 536 g/mol. The first kappa shape index (κ1) is 30.9. The number of hydrogen-bond donors (Lipinski definition) is 8. The Hall–Kier alpha value is 1.17. The number of rotatable bonds is 0. The summed E-state index contributed by atoms with van der Waals surface area (Å²) >= 11 is -13.2. The smallest absolute Gasteiger partial charge is 0.0149 e. The van der Waals surface area contributed by atoms with Gasteiger partial charge in [-0.15, -0.1) is 0 Å². The predicted octanol–water partition coefficient (Wildman–Crippen LogP) is -7.91. The van der Waals surface area contributed by atoms with Crippen LogP contribution in [0, 0.1) is 0 Å². The second-order valence-electron chi connectivity index (χ2n) is 0.923. The van der Waals surface area contributed by atoms with Gasteiger partial charge in [0.1, 0.15) is 0 Å². The van der Waals surface area contributed by atoms with Crippen molar-refractivity contribution in [2.24, 2.45) is 0 Å². The molecule has 17 heteroatoms. The van der Waals surface area contributed by atoms with Crippen molar-refractivity contribution < 1.29 is 48.8 Å². The molecule has 0 saturated heterocycles. The molecule has 0 aromatic carbocycles. The molecule has 0 spiro atoms. The number of hydrogen-bond acceptors (Lipinski definition) is 4. The standard InChI is InChI=1S/4H2O3Se.H4Si/c4*1-4(2)3;/h4*(H2,1,2,3);1H4. The van der Waals surface area contributed by atoms with Gasteiger partial charge in [-0.1, -0.05) is 0 Å². The second-order valence-corrected chi connectivity index (χ2v) is 4.80. The molecule has 12 nitrogen and oxygen atoms in total. The Morgan fingerprint density at radius 2 is 0.412 bits per heavy atom. The minimum Gasteiger partial charge on any atom is -0.0149 e. The molecule has 0 aromatic rings. The van der Waals surface area contributed by atoms with E-state index in [1.54, 1.807) is 0 Å². The molecule has 17 heavy (non-hydrogen) atoms. The molecule has 0 heterocycles. The molecule has 0 aromatic heterocycles. The molecule has 0 unspecified atom stereocenters. The van der Waals surface area contributed by atoms with Crippen molar-refractivity contribution in [2.75, 3.05) is 0 Å². The first-order valence-electron chi connectivity index (χ1n) is 2.13. The predicted molar refractivity (Wildman–Crippen MR) is 54.8 cm³/mol. The van der Waals surface area contributed by atoms with E-state index in [4.69, 9.17) is 48.8 Å². The molecule has 0 rings (SSSR count). The summed E-state index contributed by atoms with van der Waals surface area (Å²) < 4.78 is 92.5. The molecule has 0 fully saturated rings. The fourth-order valence-corrected chi connectivity index (χ4v) is 0. The van der Waals surface area contributed by atoms with E-state index in [2.05, 4.69) is 0 Å². The van der Waals surface area contributed by atoms with Crippen LogP contribution in [0.15, 0.2) is 0 Å². The van der Waals surface area contributed by atoms with Crippen molar-refractivity contribution in [3.05, 3.63) is 0 Å². The van der Waals surface area contributed by atoms with E-state index in [-0.39, 0.29) is 11.0 Å². The van der Waals surface area contributed by atoms with Crippen molar-refractivity contribution in [3.8, 4) is 0 Å². The third kappa shape index (κ3) is 2870. The molecule has 0 aliphatic carbocycles. The van der Waals surface area contributed by atoms with Crippen molar-refractivity contribution in [1.29, 1.82) is 0 Å². The van der Waals surface area contributed by atoms with Gasteiger partial charge >= 0.3 is 107 Å². The van der Waals surface area contributed by atoms with Crippen molar-refractivity contribution in [2.45, 2.75) is 0 Å². The van der Waals surface area contributed by atoms with Gasteiger partial charge in [-0.05, 0) is 11.0 Å². The van der Waals surface area contributed by atoms with Crippen LogP contribution < -0.4 is 0 Å². The zero-order chi connectivity index (χ0) is 14.3. The maximum absolute atomic E-state index is 8.76. The molecule has 0 atom stereocenters. The fraction of sp³-hybridized carbons (Fsp3) is 0. The van der Waals surface area contributed by atoms with Crippen LogP contribution in [0.1, 0.15) is 0 Å². The molecule has 8 N–H and O–H groups in total. The third-order valence-corrected chi connectivity index (χ3v) is 0. The van der Waals surface area contributed by atoms with Crippen LogP contribution in [0.25, 0.3) is 0 Å². The average molecular weight is 548 g/mol. The molecule has 112 valence electrons. The third-order valence-electron chi connectivity index (χ3n) is 0. The summed E-state index contributed by atoms with van der Waals surface area (Å²) in [6.45, 7) is 0. The van der Waals surface area contributed by atoms with E-state index in [9.17, 15) is 0 Å². The minimum absolute atomic E-state index is 0. The van der Waals surface area contributed by atoms with Crippen LogP contribution >= 0.6 is 0 Å². The van der Waals surface area contributed by atoms with Gasteiger partial charge in [0, 0.05) is 0 Å². The van der Waals surface area contributed by atoms with Crippen LogP contribution in [0.5, 0.6) is 0 Å². The van der Waals surface area contributed by atoms with Gasteiger partial charge in [0.25, 0.3) is 0 Å². The fourth-order valence-electron chi connectivity index (χ4n) is 0. The van der Waals surface area contributed by atoms with Gasteiger partial charge in [-0.3, -0.25) is 0 Å². The first-order valence-corrected chi connectivity index (χ1v) is 11.1. The quantitative estimate of drug-likeness (QED) is 0.132. The molecule has 0 aliphatic rings. The van der Waals surface area contributed by atoms with Crippen LogP contribution in [0.2, 0.25) is 0 Å². The Kier molecular flexibility index (Phi) is 47.0. The summed E-state index contributed by atoms with van der Waals surface area (Å²) in [5.41, 5.74) is 0. The zero-order valence-corrected chi connectivity index (χ0v) is 13.7. The van der Waals surface area contributed by atoms with E-state index < -0.39 is 58.0 Å². The van der Waals surface area contributed by atoms with Crippen molar-refractivity contribution in [3.63, 3.8) is 0 Å². The molecule has 0 bridgehead atoms. The van der Waals surface area contributed by atoms with Crippen LogP contribution in [0.4, 0.5) is 0 Å². The summed E-state index contributed by atoms with van der Waals surface area (Å²) in [5.74, 6) is 0. The van der Waals surface area contributed by atoms with E-state index in [0.29, 0.717) is 0 Å². The Labute approximate surface area is 117 Å². The summed E-state index contributed by atoms with van der Waals surface area (Å²) in [6, 6.07) is 0. The maximum Gasteiger partial charge on any atom is -0.0149 e. The van der Waals surface area contributed by atoms with Crippen molar-refractivity contribution >= 4 is 68.9 Å².